The quantitative estimate of drug-likeness (QED) is 0.684. The Morgan fingerprint density at radius 2 is 1.76 bits per heavy atom. The lowest BCUT2D eigenvalue weighted by atomic mass is 10.00. The van der Waals surface area contributed by atoms with Crippen LogP contribution in [-0.2, 0) is 0 Å². The van der Waals surface area contributed by atoms with Gasteiger partial charge in [-0.1, -0.05) is 13.3 Å². The summed E-state index contributed by atoms with van der Waals surface area (Å²) >= 11 is 6.09. The maximum atomic E-state index is 6.09. The van der Waals surface area contributed by atoms with Gasteiger partial charge in [-0.2, -0.15) is 0 Å². The van der Waals surface area contributed by atoms with Gasteiger partial charge in [0.2, 0.25) is 0 Å². The van der Waals surface area contributed by atoms with Gasteiger partial charge in [0.15, 0.2) is 0 Å². The van der Waals surface area contributed by atoms with Crippen LogP contribution >= 0.6 is 11.6 Å². The van der Waals surface area contributed by atoms with Crippen molar-refractivity contribution in [1.82, 2.24) is 0 Å². The summed E-state index contributed by atoms with van der Waals surface area (Å²) in [7, 11) is 1.66. The Hall–Kier alpha value is -0.890. The van der Waals surface area contributed by atoms with E-state index in [0.717, 1.165) is 24.3 Å². The van der Waals surface area contributed by atoms with E-state index in [1.807, 2.05) is 31.2 Å². The molecule has 2 nitrogen and oxygen atoms in total. The highest BCUT2D eigenvalue weighted by molar-refractivity contribution is 6.20. The van der Waals surface area contributed by atoms with Gasteiger partial charge in [-0.3, -0.25) is 0 Å². The second kappa shape index (κ2) is 7.44. The molecule has 3 heteroatoms. The fourth-order valence-electron chi connectivity index (χ4n) is 1.76. The van der Waals surface area contributed by atoms with E-state index in [1.165, 1.54) is 0 Å². The first-order valence-corrected chi connectivity index (χ1v) is 6.52. The van der Waals surface area contributed by atoms with E-state index in [9.17, 15) is 0 Å². The van der Waals surface area contributed by atoms with Crippen LogP contribution in [0.3, 0.4) is 0 Å². The fourth-order valence-corrected chi connectivity index (χ4v) is 2.06. The van der Waals surface area contributed by atoms with E-state index in [1.54, 1.807) is 7.11 Å². The van der Waals surface area contributed by atoms with Crippen LogP contribution in [0.2, 0.25) is 0 Å². The van der Waals surface area contributed by atoms with Crippen LogP contribution in [0.25, 0.3) is 0 Å². The highest BCUT2D eigenvalue weighted by Gasteiger charge is 2.12. The summed E-state index contributed by atoms with van der Waals surface area (Å²) in [5.41, 5.74) is 0. The second-order valence-electron chi connectivity index (χ2n) is 4.16. The van der Waals surface area contributed by atoms with Gasteiger partial charge in [-0.15, -0.1) is 11.6 Å². The maximum Gasteiger partial charge on any atom is 0.119 e. The molecule has 0 aliphatic heterocycles. The molecule has 0 fully saturated rings. The zero-order chi connectivity index (χ0) is 12.7. The number of hydrogen-bond acceptors (Lipinski definition) is 2. The topological polar surface area (TPSA) is 18.5 Å². The Labute approximate surface area is 109 Å². The molecule has 0 amide bonds. The first-order valence-electron chi connectivity index (χ1n) is 6.08. The number of hydrogen-bond donors (Lipinski definition) is 0. The van der Waals surface area contributed by atoms with Gasteiger partial charge in [0.1, 0.15) is 11.5 Å². The summed E-state index contributed by atoms with van der Waals surface area (Å²) in [6, 6.07) is 7.64. The third-order valence-electron chi connectivity index (χ3n) is 2.99. The van der Waals surface area contributed by atoms with E-state index >= 15 is 0 Å². The molecule has 17 heavy (non-hydrogen) atoms. The van der Waals surface area contributed by atoms with E-state index in [-0.39, 0.29) is 5.38 Å². The van der Waals surface area contributed by atoms with Gasteiger partial charge < -0.3 is 9.47 Å². The summed E-state index contributed by atoms with van der Waals surface area (Å²) in [5.74, 6) is 2.25. The van der Waals surface area contributed by atoms with Crippen LogP contribution in [0.15, 0.2) is 24.3 Å². The van der Waals surface area contributed by atoms with Crippen LogP contribution in [0.5, 0.6) is 11.5 Å². The maximum absolute atomic E-state index is 6.09. The van der Waals surface area contributed by atoms with E-state index in [4.69, 9.17) is 21.1 Å². The fraction of sp³-hybridized carbons (Fsp3) is 0.571. The van der Waals surface area contributed by atoms with Crippen molar-refractivity contribution < 1.29 is 9.47 Å². The lowest BCUT2D eigenvalue weighted by Crippen LogP contribution is -2.14. The van der Waals surface area contributed by atoms with E-state index in [2.05, 4.69) is 6.92 Å². The molecular weight excluding hydrogens is 236 g/mol. The van der Waals surface area contributed by atoms with Gasteiger partial charge in [0, 0.05) is 5.38 Å². The minimum Gasteiger partial charge on any atom is -0.497 e. The first kappa shape index (κ1) is 14.2. The lowest BCUT2D eigenvalue weighted by molar-refractivity contribution is 0.273. The van der Waals surface area contributed by atoms with Crippen LogP contribution < -0.4 is 9.47 Å². The Bertz CT molecular complexity index is 309. The van der Waals surface area contributed by atoms with Gasteiger partial charge in [-0.05, 0) is 43.5 Å². The number of benzene rings is 1. The molecule has 1 aromatic carbocycles. The van der Waals surface area contributed by atoms with Crippen molar-refractivity contribution in [2.75, 3.05) is 13.7 Å². The molecule has 0 bridgehead atoms. The predicted octanol–water partition coefficient (Wildman–Crippen LogP) is 4.12. The summed E-state index contributed by atoms with van der Waals surface area (Å²) in [6.07, 6.45) is 2.09. The van der Waals surface area contributed by atoms with Gasteiger partial charge >= 0.3 is 0 Å². The molecule has 0 saturated carbocycles. The first-order chi connectivity index (χ1) is 8.17. The molecule has 0 aliphatic carbocycles. The molecule has 0 N–H and O–H groups in total. The van der Waals surface area contributed by atoms with Crippen molar-refractivity contribution in [3.63, 3.8) is 0 Å². The van der Waals surface area contributed by atoms with Crippen molar-refractivity contribution in [2.45, 2.75) is 32.1 Å². The third-order valence-corrected chi connectivity index (χ3v) is 3.35. The highest BCUT2D eigenvalue weighted by atomic mass is 35.5. The summed E-state index contributed by atoms with van der Waals surface area (Å²) in [4.78, 5) is 0. The van der Waals surface area contributed by atoms with Gasteiger partial charge in [0.05, 0.1) is 13.7 Å². The second-order valence-corrected chi connectivity index (χ2v) is 4.85. The number of rotatable bonds is 7. The molecule has 1 aromatic rings. The van der Waals surface area contributed by atoms with Crippen LogP contribution in [-0.4, -0.2) is 19.1 Å². The molecular formula is C14H21ClO2. The van der Waals surface area contributed by atoms with Crippen molar-refractivity contribution in [1.29, 1.82) is 0 Å². The summed E-state index contributed by atoms with van der Waals surface area (Å²) < 4.78 is 10.8. The normalized spacial score (nSPS) is 14.1. The van der Waals surface area contributed by atoms with Gasteiger partial charge in [-0.25, -0.2) is 0 Å². The molecule has 0 heterocycles. The molecule has 2 atom stereocenters. The minimum atomic E-state index is 0.208. The average Bonchev–Trinajstić information content (AvgIpc) is 2.35. The van der Waals surface area contributed by atoms with Crippen LogP contribution in [0, 0.1) is 5.92 Å². The number of halogens is 1. The van der Waals surface area contributed by atoms with Crippen molar-refractivity contribution >= 4 is 11.6 Å². The Morgan fingerprint density at radius 1 is 1.18 bits per heavy atom. The molecule has 0 saturated heterocycles. The van der Waals surface area contributed by atoms with Crippen molar-refractivity contribution in [2.24, 2.45) is 5.92 Å². The smallest absolute Gasteiger partial charge is 0.119 e. The van der Waals surface area contributed by atoms with Crippen LogP contribution in [0.1, 0.15) is 26.7 Å². The highest BCUT2D eigenvalue weighted by Crippen LogP contribution is 2.20. The molecule has 2 unspecified atom stereocenters. The Morgan fingerprint density at radius 3 is 2.24 bits per heavy atom. The Kier molecular flexibility index (Phi) is 6.20. The molecule has 0 aromatic heterocycles. The predicted molar refractivity (Wildman–Crippen MR) is 72.2 cm³/mol. The number of ether oxygens (including phenoxy) is 2. The summed E-state index contributed by atoms with van der Waals surface area (Å²) in [6.45, 7) is 4.92. The largest absolute Gasteiger partial charge is 0.497 e. The lowest BCUT2D eigenvalue weighted by Gasteiger charge is -2.17. The zero-order valence-electron chi connectivity index (χ0n) is 10.8. The molecule has 96 valence electrons. The molecule has 0 spiro atoms. The minimum absolute atomic E-state index is 0.208. The van der Waals surface area contributed by atoms with Gasteiger partial charge in [0.25, 0.3) is 0 Å². The molecule has 0 radical (unpaired) electrons. The molecule has 0 aliphatic rings. The van der Waals surface area contributed by atoms with Crippen LogP contribution in [0.4, 0.5) is 0 Å². The van der Waals surface area contributed by atoms with E-state index < -0.39 is 0 Å². The van der Waals surface area contributed by atoms with E-state index in [0.29, 0.717) is 12.5 Å². The van der Waals surface area contributed by atoms with Crippen molar-refractivity contribution in [3.05, 3.63) is 24.3 Å². The third kappa shape index (κ3) is 4.86. The monoisotopic (exact) mass is 256 g/mol. The average molecular weight is 257 g/mol. The Balaban J connectivity index is 2.34. The summed E-state index contributed by atoms with van der Waals surface area (Å²) in [5, 5.41) is 0.208. The zero-order valence-corrected chi connectivity index (χ0v) is 11.5. The standard InChI is InChI=1S/C14H21ClO2/c1-4-12(11(2)15)9-10-17-14-7-5-13(16-3)6-8-14/h5-8,11-12H,4,9-10H2,1-3H3. The number of alkyl halides is 1. The SMILES string of the molecule is CCC(CCOc1ccc(OC)cc1)C(C)Cl. The van der Waals surface area contributed by atoms with Crippen molar-refractivity contribution in [3.8, 4) is 11.5 Å². The molecule has 1 rings (SSSR count). The number of methoxy groups -OCH3 is 1.